The number of ether oxygens (including phenoxy) is 2. The molecule has 40 heavy (non-hydrogen) atoms. The van der Waals surface area contributed by atoms with E-state index in [0.717, 1.165) is 38.5 Å². The van der Waals surface area contributed by atoms with Crippen LogP contribution in [0.2, 0.25) is 0 Å². The summed E-state index contributed by atoms with van der Waals surface area (Å²) in [6.45, 7) is 6.69. The number of piperidine rings is 1. The average molecular weight is 567 g/mol. The first kappa shape index (κ1) is 33.9. The fraction of sp³-hybridized carbons (Fsp3) is 0.767. The lowest BCUT2D eigenvalue weighted by Crippen LogP contribution is -2.50. The van der Waals surface area contributed by atoms with Crippen LogP contribution < -0.4 is 10.6 Å². The van der Waals surface area contributed by atoms with E-state index in [1.165, 1.54) is 6.08 Å². The molecule has 10 heteroatoms. The molecule has 7 unspecified atom stereocenters. The Morgan fingerprint density at radius 3 is 2.60 bits per heavy atom. The molecule has 0 aliphatic carbocycles. The third kappa shape index (κ3) is 12.5. The van der Waals surface area contributed by atoms with Crippen molar-refractivity contribution in [3.05, 3.63) is 23.8 Å². The number of aliphatic hydroxyl groups is 3. The molecule has 2 saturated heterocycles. The van der Waals surface area contributed by atoms with Crippen LogP contribution in [0, 0.1) is 11.8 Å². The van der Waals surface area contributed by atoms with Crippen LogP contribution in [0.15, 0.2) is 23.8 Å². The quantitative estimate of drug-likeness (QED) is 0.0825. The van der Waals surface area contributed by atoms with Gasteiger partial charge in [0.05, 0.1) is 31.5 Å². The molecule has 10 nitrogen and oxygen atoms in total. The SMILES string of the molecule is CC(=CC(=O)OCCCCCCCC(=O)NC1CCCNC1=O)CC1OCC(CC=CC(C)C(C)O)C(O)C1O. The number of esters is 1. The number of aliphatic hydroxyl groups excluding tert-OH is 3. The standard InChI is InChI=1S/C30H50N2O8/c1-20(17-25-29(37)28(36)23(19-40-25)12-9-11-21(2)22(3)33)18-27(35)39-16-8-6-4-5-7-14-26(34)32-24-13-10-15-31-30(24)38/h9,11,18,21-25,28-29,33,36-37H,4-8,10,12-17,19H2,1-3H3,(H,31,38)(H,32,34). The highest BCUT2D eigenvalue weighted by molar-refractivity contribution is 5.88. The van der Waals surface area contributed by atoms with Crippen LogP contribution in [0.3, 0.4) is 0 Å². The highest BCUT2D eigenvalue weighted by Crippen LogP contribution is 2.27. The van der Waals surface area contributed by atoms with E-state index in [1.54, 1.807) is 13.8 Å². The first-order chi connectivity index (χ1) is 19.1. The molecule has 0 saturated carbocycles. The summed E-state index contributed by atoms with van der Waals surface area (Å²) >= 11 is 0. The zero-order valence-electron chi connectivity index (χ0n) is 24.3. The molecular weight excluding hydrogens is 516 g/mol. The summed E-state index contributed by atoms with van der Waals surface area (Å²) in [6.07, 6.45) is 9.19. The van der Waals surface area contributed by atoms with Gasteiger partial charge in [0.25, 0.3) is 0 Å². The molecule has 0 bridgehead atoms. The molecule has 228 valence electrons. The Balaban J connectivity index is 1.55. The Labute approximate surface area is 238 Å². The molecule has 2 aliphatic rings. The fourth-order valence-electron chi connectivity index (χ4n) is 4.85. The van der Waals surface area contributed by atoms with Crippen molar-refractivity contribution < 1.29 is 39.2 Å². The first-order valence-corrected chi connectivity index (χ1v) is 14.8. The van der Waals surface area contributed by atoms with Gasteiger partial charge in [-0.25, -0.2) is 4.79 Å². The van der Waals surface area contributed by atoms with Crippen molar-refractivity contribution in [2.45, 2.75) is 115 Å². The van der Waals surface area contributed by atoms with Crippen molar-refractivity contribution >= 4 is 17.8 Å². The second kappa shape index (κ2) is 18.2. The van der Waals surface area contributed by atoms with E-state index in [1.807, 2.05) is 19.1 Å². The van der Waals surface area contributed by atoms with E-state index < -0.39 is 36.4 Å². The summed E-state index contributed by atoms with van der Waals surface area (Å²) < 4.78 is 11.1. The number of hydrogen-bond acceptors (Lipinski definition) is 8. The van der Waals surface area contributed by atoms with E-state index in [9.17, 15) is 29.7 Å². The molecule has 2 rings (SSSR count). The lowest BCUT2D eigenvalue weighted by atomic mass is 9.87. The first-order valence-electron chi connectivity index (χ1n) is 14.8. The third-order valence-corrected chi connectivity index (χ3v) is 7.68. The number of nitrogens with one attached hydrogen (secondary N) is 2. The molecule has 0 aromatic heterocycles. The topological polar surface area (TPSA) is 154 Å². The predicted molar refractivity (Wildman–Crippen MR) is 151 cm³/mol. The second-order valence-corrected chi connectivity index (χ2v) is 11.3. The van der Waals surface area contributed by atoms with Gasteiger partial charge in [0.15, 0.2) is 0 Å². The van der Waals surface area contributed by atoms with E-state index in [4.69, 9.17) is 9.47 Å². The molecule has 0 radical (unpaired) electrons. The monoisotopic (exact) mass is 566 g/mol. The maximum absolute atomic E-state index is 12.2. The van der Waals surface area contributed by atoms with Gasteiger partial charge >= 0.3 is 5.97 Å². The maximum Gasteiger partial charge on any atom is 0.330 e. The number of unbranched alkanes of at least 4 members (excludes halogenated alkanes) is 4. The van der Waals surface area contributed by atoms with Crippen molar-refractivity contribution in [2.75, 3.05) is 19.8 Å². The number of rotatable bonds is 16. The summed E-state index contributed by atoms with van der Waals surface area (Å²) in [6, 6.07) is -0.406. The van der Waals surface area contributed by atoms with Crippen LogP contribution in [0.1, 0.15) is 85.0 Å². The normalized spacial score (nSPS) is 27.2. The number of carbonyl (C=O) groups is 3. The van der Waals surface area contributed by atoms with Gasteiger partial charge < -0.3 is 35.4 Å². The smallest absolute Gasteiger partial charge is 0.330 e. The summed E-state index contributed by atoms with van der Waals surface area (Å²) in [7, 11) is 0. The maximum atomic E-state index is 12.2. The molecule has 2 aliphatic heterocycles. The van der Waals surface area contributed by atoms with Gasteiger partial charge in [-0.15, -0.1) is 0 Å². The van der Waals surface area contributed by atoms with Gasteiger partial charge in [-0.1, -0.05) is 43.9 Å². The summed E-state index contributed by atoms with van der Waals surface area (Å²) in [5.74, 6) is -0.859. The van der Waals surface area contributed by atoms with Gasteiger partial charge in [0.1, 0.15) is 12.1 Å². The van der Waals surface area contributed by atoms with Crippen LogP contribution in [0.5, 0.6) is 0 Å². The molecular formula is C30H50N2O8. The van der Waals surface area contributed by atoms with Crippen LogP contribution >= 0.6 is 0 Å². The van der Waals surface area contributed by atoms with E-state index >= 15 is 0 Å². The summed E-state index contributed by atoms with van der Waals surface area (Å²) in [4.78, 5) is 35.9. The highest BCUT2D eigenvalue weighted by atomic mass is 16.5. The molecule has 2 heterocycles. The molecule has 2 fully saturated rings. The van der Waals surface area contributed by atoms with Crippen molar-refractivity contribution in [3.63, 3.8) is 0 Å². The molecule has 0 spiro atoms. The molecule has 2 amide bonds. The minimum atomic E-state index is -1.06. The number of amides is 2. The number of carbonyl (C=O) groups excluding carboxylic acids is 3. The van der Waals surface area contributed by atoms with Crippen molar-refractivity contribution in [1.82, 2.24) is 10.6 Å². The Bertz CT molecular complexity index is 859. The van der Waals surface area contributed by atoms with Gasteiger partial charge in [0, 0.05) is 25.0 Å². The summed E-state index contributed by atoms with van der Waals surface area (Å²) in [5.41, 5.74) is 0.703. The second-order valence-electron chi connectivity index (χ2n) is 11.3. The molecule has 0 aromatic carbocycles. The van der Waals surface area contributed by atoms with Gasteiger partial charge in [0.2, 0.25) is 11.8 Å². The van der Waals surface area contributed by atoms with Crippen LogP contribution in [-0.2, 0) is 23.9 Å². The zero-order chi connectivity index (χ0) is 29.5. The Morgan fingerprint density at radius 2 is 1.88 bits per heavy atom. The van der Waals surface area contributed by atoms with E-state index in [0.29, 0.717) is 51.0 Å². The lowest BCUT2D eigenvalue weighted by Gasteiger charge is -2.37. The minimum Gasteiger partial charge on any atom is -0.463 e. The highest BCUT2D eigenvalue weighted by Gasteiger charge is 2.37. The van der Waals surface area contributed by atoms with Crippen molar-refractivity contribution in [1.29, 1.82) is 0 Å². The Hall–Kier alpha value is -2.27. The summed E-state index contributed by atoms with van der Waals surface area (Å²) in [5, 5.41) is 36.2. The average Bonchev–Trinajstić information content (AvgIpc) is 2.90. The molecule has 7 atom stereocenters. The Kier molecular flexibility index (Phi) is 15.5. The van der Waals surface area contributed by atoms with Crippen molar-refractivity contribution in [2.24, 2.45) is 11.8 Å². The third-order valence-electron chi connectivity index (χ3n) is 7.68. The van der Waals surface area contributed by atoms with Gasteiger partial charge in [-0.05, 0) is 58.3 Å². The van der Waals surface area contributed by atoms with Gasteiger partial charge in [-0.3, -0.25) is 9.59 Å². The fourth-order valence-corrected chi connectivity index (χ4v) is 4.85. The Morgan fingerprint density at radius 1 is 1.15 bits per heavy atom. The molecule has 5 N–H and O–H groups in total. The lowest BCUT2D eigenvalue weighted by molar-refractivity contribution is -0.162. The van der Waals surface area contributed by atoms with Crippen LogP contribution in [0.25, 0.3) is 0 Å². The molecule has 0 aromatic rings. The minimum absolute atomic E-state index is 0.00944. The zero-order valence-corrected chi connectivity index (χ0v) is 24.3. The number of allylic oxidation sites excluding steroid dienone is 1. The largest absolute Gasteiger partial charge is 0.463 e. The van der Waals surface area contributed by atoms with Crippen LogP contribution in [0.4, 0.5) is 0 Å². The van der Waals surface area contributed by atoms with E-state index in [2.05, 4.69) is 10.6 Å². The van der Waals surface area contributed by atoms with Crippen molar-refractivity contribution in [3.8, 4) is 0 Å². The predicted octanol–water partition coefficient (Wildman–Crippen LogP) is 2.30. The number of hydrogen-bond donors (Lipinski definition) is 5. The van der Waals surface area contributed by atoms with Crippen LogP contribution in [-0.4, -0.2) is 83.3 Å². The van der Waals surface area contributed by atoms with Gasteiger partial charge in [-0.2, -0.15) is 0 Å². The van der Waals surface area contributed by atoms with E-state index in [-0.39, 0.29) is 23.7 Å².